The molecule has 0 bridgehead atoms. The van der Waals surface area contributed by atoms with Crippen LogP contribution in [-0.4, -0.2) is 16.0 Å². The van der Waals surface area contributed by atoms with Gasteiger partial charge in [0.05, 0.1) is 0 Å². The summed E-state index contributed by atoms with van der Waals surface area (Å²) in [5, 5.41) is 4.36. The first-order chi connectivity index (χ1) is 8.65. The molecule has 0 aliphatic heterocycles. The van der Waals surface area contributed by atoms with E-state index in [-0.39, 0.29) is 0 Å². The molecule has 0 saturated carbocycles. The minimum absolute atomic E-state index is 0.482. The standard InChI is InChI=1S/C13H16BrN3S/c1-9(2)17-8-10-3-4-11(14)7-12(10)18-13-15-5-6-16-13/h3-7,9,17H,8H2,1-2H3,(H,15,16). The average Bonchev–Trinajstić information content (AvgIpc) is 2.80. The van der Waals surface area contributed by atoms with E-state index < -0.39 is 0 Å². The van der Waals surface area contributed by atoms with Crippen LogP contribution in [0.4, 0.5) is 0 Å². The van der Waals surface area contributed by atoms with Gasteiger partial charge in [0, 0.05) is 34.3 Å². The zero-order valence-corrected chi connectivity index (χ0v) is 12.8. The number of halogens is 1. The van der Waals surface area contributed by atoms with E-state index in [2.05, 4.69) is 63.3 Å². The van der Waals surface area contributed by atoms with Gasteiger partial charge in [-0.25, -0.2) is 4.98 Å². The SMILES string of the molecule is CC(C)NCc1ccc(Br)cc1Sc1ncc[nH]1. The fourth-order valence-corrected chi connectivity index (χ4v) is 2.91. The summed E-state index contributed by atoms with van der Waals surface area (Å²) < 4.78 is 1.09. The lowest BCUT2D eigenvalue weighted by Crippen LogP contribution is -2.22. The first-order valence-electron chi connectivity index (χ1n) is 5.84. The first kappa shape index (κ1) is 13.6. The molecular weight excluding hydrogens is 310 g/mol. The Morgan fingerprint density at radius 1 is 1.44 bits per heavy atom. The van der Waals surface area contributed by atoms with Crippen molar-refractivity contribution in [2.75, 3.05) is 0 Å². The van der Waals surface area contributed by atoms with Gasteiger partial charge < -0.3 is 10.3 Å². The second-order valence-electron chi connectivity index (χ2n) is 4.28. The number of aromatic amines is 1. The number of H-pyrrole nitrogens is 1. The van der Waals surface area contributed by atoms with Crippen molar-refractivity contribution in [2.45, 2.75) is 36.5 Å². The highest BCUT2D eigenvalue weighted by molar-refractivity contribution is 9.10. The second kappa shape index (κ2) is 6.41. The third-order valence-electron chi connectivity index (χ3n) is 2.41. The largest absolute Gasteiger partial charge is 0.339 e. The van der Waals surface area contributed by atoms with Gasteiger partial charge in [0.15, 0.2) is 5.16 Å². The normalized spacial score (nSPS) is 11.1. The number of aromatic nitrogens is 2. The van der Waals surface area contributed by atoms with Crippen LogP contribution in [0.1, 0.15) is 19.4 Å². The van der Waals surface area contributed by atoms with Gasteiger partial charge in [0.2, 0.25) is 0 Å². The van der Waals surface area contributed by atoms with E-state index in [9.17, 15) is 0 Å². The Morgan fingerprint density at radius 2 is 2.28 bits per heavy atom. The lowest BCUT2D eigenvalue weighted by Gasteiger charge is -2.12. The van der Waals surface area contributed by atoms with E-state index in [1.54, 1.807) is 18.0 Å². The minimum Gasteiger partial charge on any atom is -0.339 e. The molecule has 0 saturated heterocycles. The van der Waals surface area contributed by atoms with Crippen molar-refractivity contribution in [1.29, 1.82) is 0 Å². The molecule has 0 aliphatic carbocycles. The second-order valence-corrected chi connectivity index (χ2v) is 6.23. The fraction of sp³-hybridized carbons (Fsp3) is 0.308. The fourth-order valence-electron chi connectivity index (χ4n) is 1.49. The number of hydrogen-bond acceptors (Lipinski definition) is 3. The van der Waals surface area contributed by atoms with Crippen molar-refractivity contribution < 1.29 is 0 Å². The lowest BCUT2D eigenvalue weighted by molar-refractivity contribution is 0.584. The topological polar surface area (TPSA) is 40.7 Å². The lowest BCUT2D eigenvalue weighted by atomic mass is 10.2. The molecule has 0 amide bonds. The molecule has 5 heteroatoms. The number of nitrogens with one attached hydrogen (secondary N) is 2. The molecule has 0 radical (unpaired) electrons. The summed E-state index contributed by atoms with van der Waals surface area (Å²) in [4.78, 5) is 8.58. The van der Waals surface area contributed by atoms with E-state index in [1.165, 1.54) is 10.5 Å². The van der Waals surface area contributed by atoms with E-state index in [0.29, 0.717) is 6.04 Å². The number of benzene rings is 1. The monoisotopic (exact) mass is 325 g/mol. The highest BCUT2D eigenvalue weighted by Gasteiger charge is 2.07. The Morgan fingerprint density at radius 3 is 2.94 bits per heavy atom. The maximum absolute atomic E-state index is 4.25. The molecule has 0 atom stereocenters. The molecule has 0 unspecified atom stereocenters. The van der Waals surface area contributed by atoms with Gasteiger partial charge in [-0.15, -0.1) is 0 Å². The van der Waals surface area contributed by atoms with Crippen LogP contribution in [-0.2, 0) is 6.54 Å². The van der Waals surface area contributed by atoms with Crippen molar-refractivity contribution in [3.8, 4) is 0 Å². The summed E-state index contributed by atoms with van der Waals surface area (Å²) in [5.41, 5.74) is 1.29. The van der Waals surface area contributed by atoms with E-state index in [4.69, 9.17) is 0 Å². The Bertz CT molecular complexity index is 497. The summed E-state index contributed by atoms with van der Waals surface area (Å²) in [7, 11) is 0. The van der Waals surface area contributed by atoms with Crippen molar-refractivity contribution in [3.63, 3.8) is 0 Å². The number of imidazole rings is 1. The Kier molecular flexibility index (Phi) is 4.86. The van der Waals surface area contributed by atoms with Crippen LogP contribution in [0.25, 0.3) is 0 Å². The van der Waals surface area contributed by atoms with Crippen LogP contribution in [0.5, 0.6) is 0 Å². The first-order valence-corrected chi connectivity index (χ1v) is 7.45. The maximum atomic E-state index is 4.25. The van der Waals surface area contributed by atoms with Gasteiger partial charge in [0.25, 0.3) is 0 Å². The van der Waals surface area contributed by atoms with Crippen molar-refractivity contribution in [3.05, 3.63) is 40.6 Å². The zero-order chi connectivity index (χ0) is 13.0. The van der Waals surface area contributed by atoms with Crippen molar-refractivity contribution >= 4 is 27.7 Å². The van der Waals surface area contributed by atoms with E-state index in [1.807, 2.05) is 6.20 Å². The van der Waals surface area contributed by atoms with E-state index in [0.717, 1.165) is 16.2 Å². The molecule has 0 fully saturated rings. The molecule has 18 heavy (non-hydrogen) atoms. The van der Waals surface area contributed by atoms with Gasteiger partial charge >= 0.3 is 0 Å². The highest BCUT2D eigenvalue weighted by Crippen LogP contribution is 2.30. The Labute approximate surface area is 120 Å². The average molecular weight is 326 g/mol. The summed E-state index contributed by atoms with van der Waals surface area (Å²) in [6.45, 7) is 5.17. The van der Waals surface area contributed by atoms with Crippen LogP contribution in [0.2, 0.25) is 0 Å². The van der Waals surface area contributed by atoms with Crippen LogP contribution in [0, 0.1) is 0 Å². The predicted octanol–water partition coefficient (Wildman–Crippen LogP) is 3.82. The van der Waals surface area contributed by atoms with Crippen LogP contribution >= 0.6 is 27.7 Å². The van der Waals surface area contributed by atoms with Crippen LogP contribution < -0.4 is 5.32 Å². The number of nitrogens with zero attached hydrogens (tertiary/aromatic N) is 1. The summed E-state index contributed by atoms with van der Waals surface area (Å²) >= 11 is 5.17. The van der Waals surface area contributed by atoms with Gasteiger partial charge in [-0.1, -0.05) is 47.6 Å². The molecule has 2 aromatic rings. The van der Waals surface area contributed by atoms with Crippen molar-refractivity contribution in [1.82, 2.24) is 15.3 Å². The summed E-state index contributed by atoms with van der Waals surface area (Å²) in [6.07, 6.45) is 3.61. The molecule has 0 spiro atoms. The molecule has 1 heterocycles. The van der Waals surface area contributed by atoms with Crippen molar-refractivity contribution in [2.24, 2.45) is 0 Å². The van der Waals surface area contributed by atoms with Crippen LogP contribution in [0.3, 0.4) is 0 Å². The molecule has 1 aromatic heterocycles. The summed E-state index contributed by atoms with van der Waals surface area (Å²) in [6, 6.07) is 6.83. The quantitative estimate of drug-likeness (QED) is 0.877. The molecule has 1 aromatic carbocycles. The smallest absolute Gasteiger partial charge is 0.170 e. The van der Waals surface area contributed by atoms with Gasteiger partial charge in [-0.05, 0) is 17.7 Å². The zero-order valence-electron chi connectivity index (χ0n) is 10.4. The third-order valence-corrected chi connectivity index (χ3v) is 3.92. The van der Waals surface area contributed by atoms with Crippen LogP contribution in [0.15, 0.2) is 45.1 Å². The summed E-state index contributed by atoms with van der Waals surface area (Å²) in [5.74, 6) is 0. The maximum Gasteiger partial charge on any atom is 0.170 e. The molecule has 2 rings (SSSR count). The minimum atomic E-state index is 0.482. The van der Waals surface area contributed by atoms with Gasteiger partial charge in [-0.2, -0.15) is 0 Å². The molecule has 96 valence electrons. The third kappa shape index (κ3) is 3.86. The Hall–Kier alpha value is -0.780. The van der Waals surface area contributed by atoms with Gasteiger partial charge in [-0.3, -0.25) is 0 Å². The molecular formula is C13H16BrN3S. The molecule has 2 N–H and O–H groups in total. The molecule has 0 aliphatic rings. The highest BCUT2D eigenvalue weighted by atomic mass is 79.9. The number of rotatable bonds is 5. The molecule has 3 nitrogen and oxygen atoms in total. The van der Waals surface area contributed by atoms with Gasteiger partial charge in [0.1, 0.15) is 0 Å². The predicted molar refractivity (Wildman–Crippen MR) is 78.8 cm³/mol. The Balaban J connectivity index is 2.17. The number of hydrogen-bond donors (Lipinski definition) is 2. The van der Waals surface area contributed by atoms with E-state index >= 15 is 0 Å².